The second kappa shape index (κ2) is 3.30. The first kappa shape index (κ1) is 7.95. The molecule has 0 aliphatic heterocycles. The molecule has 1 N–H and O–H groups in total. The number of hydrogen-bond acceptors (Lipinski definition) is 2. The van der Waals surface area contributed by atoms with Crippen LogP contribution in [-0.2, 0) is 5.33 Å². The van der Waals surface area contributed by atoms with Gasteiger partial charge in [0.05, 0.1) is 0 Å². The van der Waals surface area contributed by atoms with Gasteiger partial charge in [0.1, 0.15) is 0 Å². The Labute approximate surface area is 72.7 Å². The highest BCUT2D eigenvalue weighted by Crippen LogP contribution is 2.17. The Morgan fingerprint density at radius 1 is 1.80 bits per heavy atom. The molecule has 0 spiro atoms. The van der Waals surface area contributed by atoms with Gasteiger partial charge in [-0.1, -0.05) is 15.9 Å². The zero-order valence-electron chi connectivity index (χ0n) is 5.65. The van der Waals surface area contributed by atoms with Crippen molar-refractivity contribution in [3.8, 4) is 0 Å². The molecule has 0 fully saturated rings. The summed E-state index contributed by atoms with van der Waals surface area (Å²) in [6.45, 7) is 1.81. The maximum absolute atomic E-state index is 7.32. The number of hydrogen-bond donors (Lipinski definition) is 1. The number of nitrogens with one attached hydrogen (secondary N) is 1. The molecule has 0 aliphatic rings. The molecule has 0 radical (unpaired) electrons. The van der Waals surface area contributed by atoms with Crippen molar-refractivity contribution in [3.63, 3.8) is 0 Å². The molecule has 0 aliphatic carbocycles. The molecule has 0 aromatic carbocycles. The molecule has 0 saturated carbocycles. The average Bonchev–Trinajstić information content (AvgIpc) is 2.34. The fourth-order valence-corrected chi connectivity index (χ4v) is 1.99. The number of alkyl halides is 1. The second-order valence-corrected chi connectivity index (χ2v) is 3.62. The summed E-state index contributed by atoms with van der Waals surface area (Å²) in [6.07, 6.45) is 0. The Morgan fingerprint density at radius 2 is 2.50 bits per heavy atom. The van der Waals surface area contributed by atoms with Crippen molar-refractivity contribution in [2.24, 2.45) is 0 Å². The molecule has 0 bridgehead atoms. The van der Waals surface area contributed by atoms with Crippen molar-refractivity contribution in [3.05, 3.63) is 21.9 Å². The number of halogens is 1. The SMILES string of the molecule is CC(=N)c1csc(CBr)c1. The van der Waals surface area contributed by atoms with Crippen LogP contribution in [0.25, 0.3) is 0 Å². The smallest absolute Gasteiger partial charge is 0.0377 e. The van der Waals surface area contributed by atoms with Gasteiger partial charge in [0, 0.05) is 26.9 Å². The fourth-order valence-electron chi connectivity index (χ4n) is 0.647. The van der Waals surface area contributed by atoms with E-state index in [0.717, 1.165) is 10.9 Å². The predicted molar refractivity (Wildman–Crippen MR) is 49.5 cm³/mol. The van der Waals surface area contributed by atoms with Crippen LogP contribution in [0.3, 0.4) is 0 Å². The molecule has 3 heteroatoms. The van der Waals surface area contributed by atoms with Crippen LogP contribution in [0.15, 0.2) is 11.4 Å². The van der Waals surface area contributed by atoms with E-state index in [4.69, 9.17) is 5.41 Å². The van der Waals surface area contributed by atoms with Gasteiger partial charge in [-0.2, -0.15) is 0 Å². The normalized spacial score (nSPS) is 9.80. The fraction of sp³-hybridized carbons (Fsp3) is 0.286. The first-order chi connectivity index (χ1) is 4.74. The highest BCUT2D eigenvalue weighted by molar-refractivity contribution is 9.08. The molecule has 0 unspecified atom stereocenters. The van der Waals surface area contributed by atoms with Crippen molar-refractivity contribution in [1.29, 1.82) is 5.41 Å². The Morgan fingerprint density at radius 3 is 2.80 bits per heavy atom. The van der Waals surface area contributed by atoms with Crippen LogP contribution in [0, 0.1) is 5.41 Å². The molecule has 54 valence electrons. The maximum atomic E-state index is 7.32. The van der Waals surface area contributed by atoms with Crippen LogP contribution in [0.1, 0.15) is 17.4 Å². The summed E-state index contributed by atoms with van der Waals surface area (Å²) in [5.41, 5.74) is 1.68. The molecule has 0 amide bonds. The first-order valence-electron chi connectivity index (χ1n) is 2.93. The minimum atomic E-state index is 0.642. The van der Waals surface area contributed by atoms with Gasteiger partial charge < -0.3 is 5.41 Å². The van der Waals surface area contributed by atoms with E-state index in [1.165, 1.54) is 4.88 Å². The summed E-state index contributed by atoms with van der Waals surface area (Å²) in [5, 5.41) is 10.2. The molecule has 1 heterocycles. The lowest BCUT2D eigenvalue weighted by Gasteiger charge is -1.86. The van der Waals surface area contributed by atoms with E-state index in [1.807, 2.05) is 11.4 Å². The Balaban J connectivity index is 2.88. The summed E-state index contributed by atoms with van der Waals surface area (Å²) in [5.74, 6) is 0. The number of rotatable bonds is 2. The van der Waals surface area contributed by atoms with E-state index in [0.29, 0.717) is 5.71 Å². The van der Waals surface area contributed by atoms with Gasteiger partial charge in [0.2, 0.25) is 0 Å². The lowest BCUT2D eigenvalue weighted by Crippen LogP contribution is -1.86. The zero-order chi connectivity index (χ0) is 7.56. The van der Waals surface area contributed by atoms with Crippen LogP contribution in [0.5, 0.6) is 0 Å². The van der Waals surface area contributed by atoms with E-state index in [1.54, 1.807) is 18.3 Å². The monoisotopic (exact) mass is 217 g/mol. The molecular weight excluding hydrogens is 210 g/mol. The Bertz CT molecular complexity index is 242. The minimum absolute atomic E-state index is 0.642. The lowest BCUT2D eigenvalue weighted by atomic mass is 10.2. The third-order valence-corrected chi connectivity index (χ3v) is 3.13. The minimum Gasteiger partial charge on any atom is -0.305 e. The zero-order valence-corrected chi connectivity index (χ0v) is 8.05. The van der Waals surface area contributed by atoms with Gasteiger partial charge in [0.15, 0.2) is 0 Å². The van der Waals surface area contributed by atoms with Crippen LogP contribution in [0.2, 0.25) is 0 Å². The topological polar surface area (TPSA) is 23.9 Å². The third-order valence-electron chi connectivity index (χ3n) is 1.22. The van der Waals surface area contributed by atoms with Crippen LogP contribution in [-0.4, -0.2) is 5.71 Å². The van der Waals surface area contributed by atoms with Gasteiger partial charge >= 0.3 is 0 Å². The molecule has 0 saturated heterocycles. The first-order valence-corrected chi connectivity index (χ1v) is 4.93. The van der Waals surface area contributed by atoms with Crippen molar-refractivity contribution in [1.82, 2.24) is 0 Å². The highest BCUT2D eigenvalue weighted by Gasteiger charge is 1.98. The summed E-state index contributed by atoms with van der Waals surface area (Å²) in [4.78, 5) is 1.28. The van der Waals surface area contributed by atoms with Gasteiger partial charge in [-0.05, 0) is 13.0 Å². The summed E-state index contributed by atoms with van der Waals surface area (Å²) >= 11 is 5.05. The van der Waals surface area contributed by atoms with Crippen LogP contribution >= 0.6 is 27.3 Å². The Kier molecular flexibility index (Phi) is 2.63. The Hall–Kier alpha value is -0.150. The van der Waals surface area contributed by atoms with Gasteiger partial charge in [-0.25, -0.2) is 0 Å². The van der Waals surface area contributed by atoms with Crippen molar-refractivity contribution in [2.75, 3.05) is 0 Å². The molecule has 10 heavy (non-hydrogen) atoms. The van der Waals surface area contributed by atoms with E-state index in [-0.39, 0.29) is 0 Å². The van der Waals surface area contributed by atoms with E-state index in [2.05, 4.69) is 15.9 Å². The maximum Gasteiger partial charge on any atom is 0.0377 e. The molecule has 0 atom stereocenters. The van der Waals surface area contributed by atoms with E-state index < -0.39 is 0 Å². The summed E-state index contributed by atoms with van der Waals surface area (Å²) in [6, 6.07) is 2.04. The average molecular weight is 218 g/mol. The van der Waals surface area contributed by atoms with Crippen LogP contribution < -0.4 is 0 Å². The third kappa shape index (κ3) is 1.67. The van der Waals surface area contributed by atoms with Gasteiger partial charge in [-0.15, -0.1) is 11.3 Å². The van der Waals surface area contributed by atoms with Crippen molar-refractivity contribution < 1.29 is 0 Å². The molecule has 1 nitrogen and oxygen atoms in total. The van der Waals surface area contributed by atoms with E-state index >= 15 is 0 Å². The summed E-state index contributed by atoms with van der Waals surface area (Å²) < 4.78 is 0. The second-order valence-electron chi connectivity index (χ2n) is 2.06. The summed E-state index contributed by atoms with van der Waals surface area (Å²) in [7, 11) is 0. The van der Waals surface area contributed by atoms with Crippen molar-refractivity contribution >= 4 is 33.0 Å². The largest absolute Gasteiger partial charge is 0.305 e. The van der Waals surface area contributed by atoms with Gasteiger partial charge in [0.25, 0.3) is 0 Å². The predicted octanol–water partition coefficient (Wildman–Crippen LogP) is 3.03. The lowest BCUT2D eigenvalue weighted by molar-refractivity contribution is 1.46. The molecule has 1 aromatic rings. The molecular formula is C7H8BrNS. The van der Waals surface area contributed by atoms with Gasteiger partial charge in [-0.3, -0.25) is 0 Å². The quantitative estimate of drug-likeness (QED) is 0.582. The number of thiophene rings is 1. The molecule has 1 aromatic heterocycles. The standard InChI is InChI=1S/C7H8BrNS/c1-5(9)6-2-7(3-8)10-4-6/h2,4,9H,3H2,1H3. The van der Waals surface area contributed by atoms with Crippen LogP contribution in [0.4, 0.5) is 0 Å². The van der Waals surface area contributed by atoms with E-state index in [9.17, 15) is 0 Å². The highest BCUT2D eigenvalue weighted by atomic mass is 79.9. The van der Waals surface area contributed by atoms with Crippen molar-refractivity contribution in [2.45, 2.75) is 12.3 Å². The molecule has 1 rings (SSSR count).